The van der Waals surface area contributed by atoms with E-state index in [2.05, 4.69) is 181 Å². The van der Waals surface area contributed by atoms with E-state index in [0.717, 1.165) is 0 Å². The van der Waals surface area contributed by atoms with Crippen LogP contribution in [-0.2, 0) is 5.41 Å². The zero-order valence-corrected chi connectivity index (χ0v) is 25.3. The van der Waals surface area contributed by atoms with Crippen molar-refractivity contribution in [1.82, 2.24) is 4.98 Å². The first-order valence-electron chi connectivity index (χ1n) is 15.2. The van der Waals surface area contributed by atoms with Gasteiger partial charge in [-0.1, -0.05) is 164 Å². The average molecular weight is 578 g/mol. The van der Waals surface area contributed by atoms with Gasteiger partial charge in [-0.3, -0.25) is 4.98 Å². The van der Waals surface area contributed by atoms with Gasteiger partial charge in [0.25, 0.3) is 0 Å². The summed E-state index contributed by atoms with van der Waals surface area (Å²) in [4.78, 5) is 4.44. The molecular weight excluding hydrogens is 547 g/mol. The number of hydrogen-bond donors (Lipinski definition) is 0. The molecule has 0 saturated carbocycles. The molecular formula is C42H31NSi. The minimum Gasteiger partial charge on any atom is -0.265 e. The Morgan fingerprint density at radius 1 is 0.386 bits per heavy atom. The van der Waals surface area contributed by atoms with Crippen molar-refractivity contribution in [3.63, 3.8) is 0 Å². The highest BCUT2D eigenvalue weighted by Gasteiger charge is 2.50. The van der Waals surface area contributed by atoms with Gasteiger partial charge in [0.2, 0.25) is 0 Å². The molecule has 1 nitrogen and oxygen atoms in total. The van der Waals surface area contributed by atoms with E-state index in [9.17, 15) is 0 Å². The van der Waals surface area contributed by atoms with Crippen molar-refractivity contribution in [3.05, 3.63) is 211 Å². The average Bonchev–Trinajstić information content (AvgIpc) is 3.43. The Morgan fingerprint density at radius 2 is 0.841 bits per heavy atom. The van der Waals surface area contributed by atoms with E-state index in [4.69, 9.17) is 0 Å². The maximum Gasteiger partial charge on any atom is 0.180 e. The van der Waals surface area contributed by atoms with Crippen LogP contribution in [0.2, 0.25) is 0 Å². The Morgan fingerprint density at radius 3 is 1.41 bits per heavy atom. The molecule has 1 atom stereocenters. The first kappa shape index (κ1) is 26.3. The second kappa shape index (κ2) is 10.8. The molecule has 0 saturated heterocycles. The second-order valence-corrected chi connectivity index (χ2v) is 15.2. The Balaban J connectivity index is 1.58. The van der Waals surface area contributed by atoms with Crippen LogP contribution in [-0.4, -0.2) is 13.1 Å². The highest BCUT2D eigenvalue weighted by Crippen LogP contribution is 2.55. The summed E-state index contributed by atoms with van der Waals surface area (Å²) in [5, 5.41) is 5.55. The molecule has 2 heteroatoms. The molecule has 0 bridgehead atoms. The van der Waals surface area contributed by atoms with E-state index < -0.39 is 13.5 Å². The Labute approximate surface area is 260 Å². The largest absolute Gasteiger partial charge is 0.265 e. The number of aromatic nitrogens is 1. The maximum atomic E-state index is 4.44. The summed E-state index contributed by atoms with van der Waals surface area (Å²) in [7, 11) is -2.80. The third-order valence-corrected chi connectivity index (χ3v) is 14.2. The smallest absolute Gasteiger partial charge is 0.180 e. The highest BCUT2D eigenvalue weighted by atomic mass is 28.3. The minimum atomic E-state index is -2.80. The van der Waals surface area contributed by atoms with Gasteiger partial charge in [-0.2, -0.15) is 0 Å². The number of fused-ring (bicyclic) bond motifs is 3. The fraction of sp³-hybridized carbons (Fsp3) is 0.0238. The van der Waals surface area contributed by atoms with Gasteiger partial charge in [0.1, 0.15) is 0 Å². The zero-order valence-electron chi connectivity index (χ0n) is 24.3. The molecule has 0 spiro atoms. The van der Waals surface area contributed by atoms with E-state index in [-0.39, 0.29) is 0 Å². The predicted octanol–water partition coefficient (Wildman–Crippen LogP) is 6.82. The van der Waals surface area contributed by atoms with E-state index in [1.807, 2.05) is 12.4 Å². The third-order valence-electron chi connectivity index (χ3n) is 9.41. The summed E-state index contributed by atoms with van der Waals surface area (Å²) < 4.78 is 0. The molecule has 6 aromatic carbocycles. The molecule has 0 N–H and O–H groups in total. The van der Waals surface area contributed by atoms with Crippen LogP contribution in [0.3, 0.4) is 0 Å². The Kier molecular flexibility index (Phi) is 6.43. The van der Waals surface area contributed by atoms with E-state index in [1.54, 1.807) is 0 Å². The lowest BCUT2D eigenvalue weighted by Crippen LogP contribution is -2.75. The van der Waals surface area contributed by atoms with Crippen molar-refractivity contribution in [2.45, 2.75) is 5.41 Å². The summed E-state index contributed by atoms with van der Waals surface area (Å²) in [5.74, 6) is 0. The quantitative estimate of drug-likeness (QED) is 0.156. The van der Waals surface area contributed by atoms with Gasteiger partial charge in [-0.05, 0) is 66.3 Å². The van der Waals surface area contributed by atoms with Gasteiger partial charge in [0.15, 0.2) is 8.07 Å². The van der Waals surface area contributed by atoms with Gasteiger partial charge in [0, 0.05) is 12.4 Å². The van der Waals surface area contributed by atoms with Crippen molar-refractivity contribution >= 4 is 28.8 Å². The standard InChI is InChI=1S/C42H31NSi/c1-5-16-32(17-6-1)42(33-28-30-43-31-29-33)38-25-14-13-24-37(38)41-39(42)26-15-27-40(41)44(34-18-7-2-8-19-34,35-20-9-3-10-21-35)36-22-11-4-12-23-36/h1-31H. The SMILES string of the molecule is c1ccc(C2(c3ccncc3)c3ccccc3-c3c2cccc3[Si](c2ccccc2)(c2ccccc2)c2ccccc2)cc1. The first-order valence-corrected chi connectivity index (χ1v) is 17.2. The Hall–Kier alpha value is -5.31. The zero-order chi connectivity index (χ0) is 29.4. The first-order chi connectivity index (χ1) is 21.9. The van der Waals surface area contributed by atoms with Crippen LogP contribution in [0.4, 0.5) is 0 Å². The molecule has 44 heavy (non-hydrogen) atoms. The van der Waals surface area contributed by atoms with Gasteiger partial charge < -0.3 is 0 Å². The van der Waals surface area contributed by atoms with Crippen molar-refractivity contribution in [3.8, 4) is 11.1 Å². The number of hydrogen-bond acceptors (Lipinski definition) is 1. The normalized spacial score (nSPS) is 15.4. The summed E-state index contributed by atoms with van der Waals surface area (Å²) >= 11 is 0. The van der Waals surface area contributed by atoms with Gasteiger partial charge >= 0.3 is 0 Å². The van der Waals surface area contributed by atoms with E-state index >= 15 is 0 Å². The predicted molar refractivity (Wildman–Crippen MR) is 185 cm³/mol. The lowest BCUT2D eigenvalue weighted by atomic mass is 9.68. The number of benzene rings is 6. The summed E-state index contributed by atoms with van der Waals surface area (Å²) in [6, 6.07) is 65.2. The van der Waals surface area contributed by atoms with Crippen LogP contribution >= 0.6 is 0 Å². The molecule has 1 aliphatic rings. The number of rotatable bonds is 6. The van der Waals surface area contributed by atoms with Gasteiger partial charge in [-0.25, -0.2) is 0 Å². The van der Waals surface area contributed by atoms with E-state index in [1.165, 1.54) is 54.1 Å². The van der Waals surface area contributed by atoms with Crippen LogP contribution in [0.5, 0.6) is 0 Å². The minimum absolute atomic E-state index is 0.476. The Bertz CT molecular complexity index is 1900. The van der Waals surface area contributed by atoms with Crippen LogP contribution in [0, 0.1) is 0 Å². The fourth-order valence-corrected chi connectivity index (χ4v) is 12.8. The number of pyridine rings is 1. The molecule has 8 rings (SSSR count). The second-order valence-electron chi connectivity index (χ2n) is 11.5. The topological polar surface area (TPSA) is 12.9 Å². The molecule has 1 unspecified atom stereocenters. The van der Waals surface area contributed by atoms with Crippen molar-refractivity contribution in [2.24, 2.45) is 0 Å². The maximum absolute atomic E-state index is 4.44. The van der Waals surface area contributed by atoms with Gasteiger partial charge in [-0.15, -0.1) is 0 Å². The molecule has 0 fully saturated rings. The van der Waals surface area contributed by atoms with Crippen molar-refractivity contribution in [2.75, 3.05) is 0 Å². The number of nitrogens with zero attached hydrogens (tertiary/aromatic N) is 1. The molecule has 0 radical (unpaired) electrons. The molecule has 1 heterocycles. The van der Waals surface area contributed by atoms with Gasteiger partial charge in [0.05, 0.1) is 5.41 Å². The third kappa shape index (κ3) is 3.75. The van der Waals surface area contributed by atoms with Crippen LogP contribution in [0.1, 0.15) is 22.3 Å². The van der Waals surface area contributed by atoms with Crippen LogP contribution in [0.15, 0.2) is 188 Å². The lowest BCUT2D eigenvalue weighted by molar-refractivity contribution is 0.766. The summed E-state index contributed by atoms with van der Waals surface area (Å²) in [5.41, 5.74) is 7.32. The fourth-order valence-electron chi connectivity index (χ4n) is 7.75. The van der Waals surface area contributed by atoms with Crippen molar-refractivity contribution in [1.29, 1.82) is 0 Å². The highest BCUT2D eigenvalue weighted by molar-refractivity contribution is 7.20. The molecule has 7 aromatic rings. The molecule has 208 valence electrons. The summed E-state index contributed by atoms with van der Waals surface area (Å²) in [6.45, 7) is 0. The lowest BCUT2D eigenvalue weighted by Gasteiger charge is -2.37. The molecule has 1 aliphatic carbocycles. The molecule has 0 aliphatic heterocycles. The molecule has 1 aromatic heterocycles. The van der Waals surface area contributed by atoms with E-state index in [0.29, 0.717) is 0 Å². The van der Waals surface area contributed by atoms with Crippen LogP contribution < -0.4 is 20.7 Å². The van der Waals surface area contributed by atoms with Crippen molar-refractivity contribution < 1.29 is 0 Å². The monoisotopic (exact) mass is 577 g/mol. The summed E-state index contributed by atoms with van der Waals surface area (Å²) in [6.07, 6.45) is 3.86. The van der Waals surface area contributed by atoms with Crippen LogP contribution in [0.25, 0.3) is 11.1 Å². The molecule has 0 amide bonds.